The van der Waals surface area contributed by atoms with Crippen LogP contribution in [-0.2, 0) is 16.0 Å². The number of carboxylic acid groups (broad SMARTS) is 1. The summed E-state index contributed by atoms with van der Waals surface area (Å²) in [5.74, 6) is -1.20. The van der Waals surface area contributed by atoms with Crippen LogP contribution < -0.4 is 0 Å². The molecule has 2 N–H and O–H groups in total. The molecule has 1 amide bonds. The standard InChI is InChI=1S/C15H18N2O3/c1-3-17(10(2)18)14(15(19)20)8-11-9-16-13-7-5-4-6-12(11)13/h4-7,9,14,16H,3,8H2,1-2H3,(H,19,20). The Morgan fingerprint density at radius 1 is 1.35 bits per heavy atom. The Hall–Kier alpha value is -2.30. The lowest BCUT2D eigenvalue weighted by molar-refractivity contribution is -0.149. The number of benzene rings is 1. The number of aromatic amines is 1. The van der Waals surface area contributed by atoms with Crippen molar-refractivity contribution < 1.29 is 14.7 Å². The first-order valence-electron chi connectivity index (χ1n) is 6.59. The number of nitrogens with one attached hydrogen (secondary N) is 1. The number of rotatable bonds is 5. The molecule has 2 rings (SSSR count). The summed E-state index contributed by atoms with van der Waals surface area (Å²) in [4.78, 5) is 27.5. The van der Waals surface area contributed by atoms with Gasteiger partial charge in [-0.25, -0.2) is 4.79 Å². The Balaban J connectivity index is 2.33. The average Bonchev–Trinajstić information content (AvgIpc) is 2.81. The van der Waals surface area contributed by atoms with Gasteiger partial charge in [0.1, 0.15) is 6.04 Å². The maximum Gasteiger partial charge on any atom is 0.326 e. The summed E-state index contributed by atoms with van der Waals surface area (Å²) in [5.41, 5.74) is 1.88. The van der Waals surface area contributed by atoms with Crippen molar-refractivity contribution in [2.24, 2.45) is 0 Å². The highest BCUT2D eigenvalue weighted by molar-refractivity contribution is 5.86. The Bertz CT molecular complexity index is 633. The van der Waals surface area contributed by atoms with Gasteiger partial charge in [-0.2, -0.15) is 0 Å². The molecule has 20 heavy (non-hydrogen) atoms. The molecular formula is C15H18N2O3. The first-order valence-corrected chi connectivity index (χ1v) is 6.59. The fourth-order valence-corrected chi connectivity index (χ4v) is 2.50. The number of likely N-dealkylation sites (N-methyl/N-ethyl adjacent to an activating group) is 1. The van der Waals surface area contributed by atoms with Crippen LogP contribution in [0.3, 0.4) is 0 Å². The van der Waals surface area contributed by atoms with Gasteiger partial charge in [-0.15, -0.1) is 0 Å². The van der Waals surface area contributed by atoms with E-state index in [0.29, 0.717) is 13.0 Å². The normalized spacial score (nSPS) is 12.3. The number of carbonyl (C=O) groups is 2. The lowest BCUT2D eigenvalue weighted by atomic mass is 10.0. The zero-order chi connectivity index (χ0) is 14.7. The number of hydrogen-bond acceptors (Lipinski definition) is 2. The first-order chi connectivity index (χ1) is 9.54. The molecular weight excluding hydrogens is 256 g/mol. The highest BCUT2D eigenvalue weighted by Crippen LogP contribution is 2.20. The minimum Gasteiger partial charge on any atom is -0.480 e. The van der Waals surface area contributed by atoms with Crippen LogP contribution in [0.25, 0.3) is 10.9 Å². The third-order valence-electron chi connectivity index (χ3n) is 3.49. The summed E-state index contributed by atoms with van der Waals surface area (Å²) in [6, 6.07) is 6.89. The molecule has 1 heterocycles. The third kappa shape index (κ3) is 2.66. The lowest BCUT2D eigenvalue weighted by Crippen LogP contribution is -2.45. The Kier molecular flexibility index (Phi) is 4.08. The Morgan fingerprint density at radius 2 is 2.05 bits per heavy atom. The average molecular weight is 274 g/mol. The van der Waals surface area contributed by atoms with Gasteiger partial charge in [0.05, 0.1) is 0 Å². The zero-order valence-corrected chi connectivity index (χ0v) is 11.6. The van der Waals surface area contributed by atoms with E-state index in [1.54, 1.807) is 6.92 Å². The molecule has 1 atom stereocenters. The summed E-state index contributed by atoms with van der Waals surface area (Å²) in [6.45, 7) is 3.57. The summed E-state index contributed by atoms with van der Waals surface area (Å²) >= 11 is 0. The molecule has 106 valence electrons. The smallest absolute Gasteiger partial charge is 0.326 e. The molecule has 5 nitrogen and oxygen atoms in total. The number of fused-ring (bicyclic) bond motifs is 1. The molecule has 1 aromatic carbocycles. The molecule has 0 aliphatic carbocycles. The van der Waals surface area contributed by atoms with Crippen molar-refractivity contribution in [3.63, 3.8) is 0 Å². The first kappa shape index (κ1) is 14.1. The summed E-state index contributed by atoms with van der Waals surface area (Å²) in [5, 5.41) is 10.4. The predicted molar refractivity (Wildman–Crippen MR) is 76.5 cm³/mol. The fourth-order valence-electron chi connectivity index (χ4n) is 2.50. The predicted octanol–water partition coefficient (Wildman–Crippen LogP) is 2.03. The van der Waals surface area contributed by atoms with Crippen LogP contribution in [-0.4, -0.2) is 39.5 Å². The molecule has 0 spiro atoms. The van der Waals surface area contributed by atoms with Crippen molar-refractivity contribution in [2.75, 3.05) is 6.54 Å². The molecule has 0 aliphatic rings. The van der Waals surface area contributed by atoms with Crippen LogP contribution in [0.15, 0.2) is 30.5 Å². The minimum absolute atomic E-state index is 0.222. The van der Waals surface area contributed by atoms with Crippen molar-refractivity contribution in [1.29, 1.82) is 0 Å². The number of aliphatic carboxylic acids is 1. The highest BCUT2D eigenvalue weighted by Gasteiger charge is 2.27. The van der Waals surface area contributed by atoms with Crippen molar-refractivity contribution in [1.82, 2.24) is 9.88 Å². The van der Waals surface area contributed by atoms with Gasteiger partial charge >= 0.3 is 5.97 Å². The van der Waals surface area contributed by atoms with E-state index < -0.39 is 12.0 Å². The molecule has 5 heteroatoms. The van der Waals surface area contributed by atoms with Crippen LogP contribution in [0.2, 0.25) is 0 Å². The summed E-state index contributed by atoms with van der Waals surface area (Å²) < 4.78 is 0. The van der Waals surface area contributed by atoms with E-state index in [1.807, 2.05) is 30.5 Å². The van der Waals surface area contributed by atoms with E-state index in [-0.39, 0.29) is 5.91 Å². The van der Waals surface area contributed by atoms with Gasteiger partial charge in [-0.05, 0) is 18.6 Å². The van der Waals surface area contributed by atoms with Crippen molar-refractivity contribution in [2.45, 2.75) is 26.3 Å². The van der Waals surface area contributed by atoms with E-state index in [1.165, 1.54) is 11.8 Å². The molecule has 1 unspecified atom stereocenters. The Morgan fingerprint density at radius 3 is 2.65 bits per heavy atom. The van der Waals surface area contributed by atoms with Crippen LogP contribution in [0.1, 0.15) is 19.4 Å². The molecule has 0 saturated carbocycles. The highest BCUT2D eigenvalue weighted by atomic mass is 16.4. The van der Waals surface area contributed by atoms with Crippen LogP contribution >= 0.6 is 0 Å². The number of hydrogen-bond donors (Lipinski definition) is 2. The molecule has 0 saturated heterocycles. The van der Waals surface area contributed by atoms with Gasteiger partial charge in [-0.3, -0.25) is 4.79 Å². The number of nitrogens with zero attached hydrogens (tertiary/aromatic N) is 1. The zero-order valence-electron chi connectivity index (χ0n) is 11.6. The maximum absolute atomic E-state index is 11.6. The number of carboxylic acids is 1. The minimum atomic E-state index is -0.979. The maximum atomic E-state index is 11.6. The van der Waals surface area contributed by atoms with Crippen LogP contribution in [0.5, 0.6) is 0 Å². The van der Waals surface area contributed by atoms with Gasteiger partial charge in [0, 0.05) is 37.0 Å². The van der Waals surface area contributed by atoms with Crippen molar-refractivity contribution in [3.05, 3.63) is 36.0 Å². The number of amides is 1. The molecule has 0 radical (unpaired) electrons. The topological polar surface area (TPSA) is 73.4 Å². The van der Waals surface area contributed by atoms with E-state index >= 15 is 0 Å². The van der Waals surface area contributed by atoms with Crippen LogP contribution in [0.4, 0.5) is 0 Å². The van der Waals surface area contributed by atoms with E-state index in [4.69, 9.17) is 0 Å². The summed E-state index contributed by atoms with van der Waals surface area (Å²) in [6.07, 6.45) is 2.11. The number of para-hydroxylation sites is 1. The summed E-state index contributed by atoms with van der Waals surface area (Å²) in [7, 11) is 0. The molecule has 2 aromatic rings. The van der Waals surface area contributed by atoms with E-state index in [2.05, 4.69) is 4.98 Å². The second-order valence-corrected chi connectivity index (χ2v) is 4.72. The largest absolute Gasteiger partial charge is 0.480 e. The second kappa shape index (κ2) is 5.77. The quantitative estimate of drug-likeness (QED) is 0.876. The Labute approximate surface area is 117 Å². The lowest BCUT2D eigenvalue weighted by Gasteiger charge is -2.26. The molecule has 0 bridgehead atoms. The van der Waals surface area contributed by atoms with Crippen LogP contribution in [0, 0.1) is 0 Å². The van der Waals surface area contributed by atoms with Gasteiger partial charge < -0.3 is 15.0 Å². The van der Waals surface area contributed by atoms with E-state index in [0.717, 1.165) is 16.5 Å². The molecule has 0 aliphatic heterocycles. The molecule has 0 fully saturated rings. The molecule has 1 aromatic heterocycles. The second-order valence-electron chi connectivity index (χ2n) is 4.72. The number of H-pyrrole nitrogens is 1. The van der Waals surface area contributed by atoms with Crippen molar-refractivity contribution in [3.8, 4) is 0 Å². The van der Waals surface area contributed by atoms with Crippen molar-refractivity contribution >= 4 is 22.8 Å². The SMILES string of the molecule is CCN(C(C)=O)C(Cc1c[nH]c2ccccc12)C(=O)O. The monoisotopic (exact) mass is 274 g/mol. The van der Waals surface area contributed by atoms with Gasteiger partial charge in [0.25, 0.3) is 0 Å². The fraction of sp³-hybridized carbons (Fsp3) is 0.333. The van der Waals surface area contributed by atoms with Gasteiger partial charge in [0.15, 0.2) is 0 Å². The number of aromatic nitrogens is 1. The number of carbonyl (C=O) groups excluding carboxylic acids is 1. The van der Waals surface area contributed by atoms with Gasteiger partial charge in [-0.1, -0.05) is 18.2 Å². The van der Waals surface area contributed by atoms with E-state index in [9.17, 15) is 14.7 Å². The third-order valence-corrected chi connectivity index (χ3v) is 3.49. The van der Waals surface area contributed by atoms with Gasteiger partial charge in [0.2, 0.25) is 5.91 Å².